The molecule has 134 valence electrons. The molecule has 0 aliphatic heterocycles. The number of hydrogen-bond donors (Lipinski definition) is 2. The number of aromatic nitrogens is 2. The third-order valence-corrected chi connectivity index (χ3v) is 3.71. The second kappa shape index (κ2) is 7.87. The highest BCUT2D eigenvalue weighted by Gasteiger charge is 2.23. The monoisotopic (exact) mass is 349 g/mol. The molecule has 1 aromatic carbocycles. The van der Waals surface area contributed by atoms with Gasteiger partial charge in [-0.25, -0.2) is 9.18 Å². The molecule has 1 atom stereocenters. The summed E-state index contributed by atoms with van der Waals surface area (Å²) in [5.74, 6) is -1.63. The number of carbonyl (C=O) groups excluding carboxylic acids is 1. The average molecular weight is 349 g/mol. The standard InChI is InChI=1S/C17H20FN3O4/c1-9(2)15(17(23)24)19-13(22)6-7-14-20-16(21-25-14)11-5-4-10(3)12(18)8-11/h4-5,8-9,15H,6-7H2,1-3H3,(H,19,22)(H,23,24)/t15-/m0/s1. The third-order valence-electron chi connectivity index (χ3n) is 3.71. The number of amides is 1. The van der Waals surface area contributed by atoms with E-state index in [4.69, 9.17) is 9.63 Å². The summed E-state index contributed by atoms with van der Waals surface area (Å²) in [5, 5.41) is 15.3. The maximum atomic E-state index is 13.6. The van der Waals surface area contributed by atoms with E-state index in [9.17, 15) is 14.0 Å². The van der Waals surface area contributed by atoms with Crippen molar-refractivity contribution in [3.63, 3.8) is 0 Å². The van der Waals surface area contributed by atoms with Crippen LogP contribution in [-0.4, -0.2) is 33.2 Å². The van der Waals surface area contributed by atoms with Crippen LogP contribution in [-0.2, 0) is 16.0 Å². The summed E-state index contributed by atoms with van der Waals surface area (Å²) in [7, 11) is 0. The quantitative estimate of drug-likeness (QED) is 0.795. The molecule has 1 amide bonds. The smallest absolute Gasteiger partial charge is 0.326 e. The molecule has 7 nitrogen and oxygen atoms in total. The van der Waals surface area contributed by atoms with Crippen molar-refractivity contribution in [1.82, 2.24) is 15.5 Å². The zero-order valence-electron chi connectivity index (χ0n) is 14.2. The van der Waals surface area contributed by atoms with Crippen molar-refractivity contribution in [2.24, 2.45) is 5.92 Å². The van der Waals surface area contributed by atoms with Gasteiger partial charge in [0.05, 0.1) is 0 Å². The van der Waals surface area contributed by atoms with E-state index >= 15 is 0 Å². The number of aryl methyl sites for hydroxylation is 2. The van der Waals surface area contributed by atoms with Crippen LogP contribution in [0.2, 0.25) is 0 Å². The second-order valence-corrected chi connectivity index (χ2v) is 6.10. The fourth-order valence-electron chi connectivity index (χ4n) is 2.19. The Morgan fingerprint density at radius 1 is 1.36 bits per heavy atom. The van der Waals surface area contributed by atoms with E-state index in [0.717, 1.165) is 0 Å². The molecule has 1 heterocycles. The predicted octanol–water partition coefficient (Wildman–Crippen LogP) is 2.34. The molecule has 0 bridgehead atoms. The maximum absolute atomic E-state index is 13.6. The Morgan fingerprint density at radius 3 is 2.68 bits per heavy atom. The Morgan fingerprint density at radius 2 is 2.08 bits per heavy atom. The summed E-state index contributed by atoms with van der Waals surface area (Å²) in [6.45, 7) is 5.08. The van der Waals surface area contributed by atoms with Gasteiger partial charge in [-0.3, -0.25) is 4.79 Å². The SMILES string of the molecule is Cc1ccc(-c2noc(CCC(=O)N[C@H](C(=O)O)C(C)C)n2)cc1F. The van der Waals surface area contributed by atoms with E-state index in [-0.39, 0.29) is 36.3 Å². The lowest BCUT2D eigenvalue weighted by Gasteiger charge is -2.17. The van der Waals surface area contributed by atoms with Gasteiger partial charge in [-0.15, -0.1) is 0 Å². The van der Waals surface area contributed by atoms with Crippen molar-refractivity contribution < 1.29 is 23.6 Å². The van der Waals surface area contributed by atoms with E-state index in [2.05, 4.69) is 15.5 Å². The minimum Gasteiger partial charge on any atom is -0.480 e. The fourth-order valence-corrected chi connectivity index (χ4v) is 2.19. The molecule has 8 heteroatoms. The van der Waals surface area contributed by atoms with Crippen molar-refractivity contribution in [1.29, 1.82) is 0 Å². The van der Waals surface area contributed by atoms with Gasteiger partial charge in [-0.05, 0) is 24.5 Å². The molecular weight excluding hydrogens is 329 g/mol. The van der Waals surface area contributed by atoms with E-state index in [1.807, 2.05) is 0 Å². The minimum absolute atomic E-state index is 0.0143. The van der Waals surface area contributed by atoms with Crippen LogP contribution in [0.3, 0.4) is 0 Å². The molecule has 0 aliphatic carbocycles. The van der Waals surface area contributed by atoms with E-state index in [1.54, 1.807) is 32.9 Å². The largest absolute Gasteiger partial charge is 0.480 e. The number of rotatable bonds is 7. The lowest BCUT2D eigenvalue weighted by atomic mass is 10.0. The Labute approximate surface area is 144 Å². The van der Waals surface area contributed by atoms with Crippen LogP contribution in [0.5, 0.6) is 0 Å². The molecule has 0 spiro atoms. The van der Waals surface area contributed by atoms with Crippen molar-refractivity contribution >= 4 is 11.9 Å². The number of hydrogen-bond acceptors (Lipinski definition) is 5. The summed E-state index contributed by atoms with van der Waals surface area (Å²) in [6, 6.07) is 3.67. The van der Waals surface area contributed by atoms with Crippen LogP contribution in [0.1, 0.15) is 31.7 Å². The summed E-state index contributed by atoms with van der Waals surface area (Å²) in [6.07, 6.45) is 0.179. The Balaban J connectivity index is 1.96. The molecule has 0 aliphatic rings. The Kier molecular flexibility index (Phi) is 5.84. The van der Waals surface area contributed by atoms with Crippen molar-refractivity contribution in [2.75, 3.05) is 0 Å². The number of halogens is 1. The van der Waals surface area contributed by atoms with Crippen LogP contribution >= 0.6 is 0 Å². The third kappa shape index (κ3) is 4.85. The maximum Gasteiger partial charge on any atom is 0.326 e. The number of aliphatic carboxylic acids is 1. The van der Waals surface area contributed by atoms with Gasteiger partial charge in [0.2, 0.25) is 17.6 Å². The van der Waals surface area contributed by atoms with E-state index < -0.39 is 17.9 Å². The second-order valence-electron chi connectivity index (χ2n) is 6.10. The van der Waals surface area contributed by atoms with E-state index in [1.165, 1.54) is 6.07 Å². The van der Waals surface area contributed by atoms with Crippen LogP contribution in [0.4, 0.5) is 4.39 Å². The first-order valence-electron chi connectivity index (χ1n) is 7.89. The first kappa shape index (κ1) is 18.6. The summed E-state index contributed by atoms with van der Waals surface area (Å²) in [5.41, 5.74) is 0.996. The molecule has 25 heavy (non-hydrogen) atoms. The summed E-state index contributed by atoms with van der Waals surface area (Å²) >= 11 is 0. The Bertz CT molecular complexity index is 773. The van der Waals surface area contributed by atoms with Crippen molar-refractivity contribution in [3.8, 4) is 11.4 Å². The van der Waals surface area contributed by atoms with Gasteiger partial charge in [0.1, 0.15) is 11.9 Å². The molecule has 2 rings (SSSR count). The molecule has 0 radical (unpaired) electrons. The molecule has 2 aromatic rings. The highest BCUT2D eigenvalue weighted by molar-refractivity contribution is 5.83. The van der Waals surface area contributed by atoms with Gasteiger partial charge < -0.3 is 14.9 Å². The van der Waals surface area contributed by atoms with Crippen LogP contribution < -0.4 is 5.32 Å². The van der Waals surface area contributed by atoms with Crippen LogP contribution in [0, 0.1) is 18.7 Å². The molecule has 0 unspecified atom stereocenters. The zero-order valence-corrected chi connectivity index (χ0v) is 14.2. The number of carboxylic acids is 1. The molecule has 1 aromatic heterocycles. The number of nitrogens with one attached hydrogen (secondary N) is 1. The first-order valence-corrected chi connectivity index (χ1v) is 7.89. The van der Waals surface area contributed by atoms with E-state index in [0.29, 0.717) is 11.1 Å². The van der Waals surface area contributed by atoms with Gasteiger partial charge >= 0.3 is 5.97 Å². The van der Waals surface area contributed by atoms with Crippen molar-refractivity contribution in [3.05, 3.63) is 35.5 Å². The number of carbonyl (C=O) groups is 2. The van der Waals surface area contributed by atoms with Gasteiger partial charge in [0, 0.05) is 18.4 Å². The number of carboxylic acid groups (broad SMARTS) is 1. The van der Waals surface area contributed by atoms with Crippen LogP contribution in [0.25, 0.3) is 11.4 Å². The van der Waals surface area contributed by atoms with Gasteiger partial charge in [0.25, 0.3) is 0 Å². The minimum atomic E-state index is -1.08. The van der Waals surface area contributed by atoms with Gasteiger partial charge in [0.15, 0.2) is 0 Å². The van der Waals surface area contributed by atoms with Gasteiger partial charge in [-0.1, -0.05) is 31.1 Å². The van der Waals surface area contributed by atoms with Crippen LogP contribution in [0.15, 0.2) is 22.7 Å². The lowest BCUT2D eigenvalue weighted by Crippen LogP contribution is -2.44. The highest BCUT2D eigenvalue weighted by atomic mass is 19.1. The fraction of sp³-hybridized carbons (Fsp3) is 0.412. The Hall–Kier alpha value is -2.77. The number of benzene rings is 1. The first-order chi connectivity index (χ1) is 11.8. The predicted molar refractivity (Wildman–Crippen MR) is 87.2 cm³/mol. The zero-order chi connectivity index (χ0) is 18.6. The molecular formula is C17H20FN3O4. The summed E-state index contributed by atoms with van der Waals surface area (Å²) in [4.78, 5) is 27.1. The number of nitrogens with zero attached hydrogens (tertiary/aromatic N) is 2. The summed E-state index contributed by atoms with van der Waals surface area (Å²) < 4.78 is 18.6. The lowest BCUT2D eigenvalue weighted by molar-refractivity contribution is -0.143. The normalized spacial score (nSPS) is 12.2. The molecule has 0 saturated heterocycles. The highest BCUT2D eigenvalue weighted by Crippen LogP contribution is 2.19. The molecule has 0 fully saturated rings. The topological polar surface area (TPSA) is 105 Å². The molecule has 2 N–H and O–H groups in total. The van der Waals surface area contributed by atoms with Crippen molar-refractivity contribution in [2.45, 2.75) is 39.7 Å². The average Bonchev–Trinajstić information content (AvgIpc) is 3.01. The molecule has 0 saturated carbocycles. The van der Waals surface area contributed by atoms with Gasteiger partial charge in [-0.2, -0.15) is 4.98 Å².